The maximum Gasteiger partial charge on any atom is 0.513 e. The van der Waals surface area contributed by atoms with Crippen LogP contribution >= 0.6 is 23.2 Å². The van der Waals surface area contributed by atoms with E-state index in [0.717, 1.165) is 44.2 Å². The van der Waals surface area contributed by atoms with E-state index < -0.39 is 12.1 Å². The highest BCUT2D eigenvalue weighted by atomic mass is 35.5. The zero-order valence-electron chi connectivity index (χ0n) is 23.2. The molecule has 5 rings (SSSR count). The van der Waals surface area contributed by atoms with Crippen molar-refractivity contribution < 1.29 is 14.3 Å². The van der Waals surface area contributed by atoms with Crippen LogP contribution in [0.3, 0.4) is 0 Å². The molecule has 3 aromatic rings. The average molecular weight is 600 g/mol. The molecule has 2 aromatic heterocycles. The maximum atomic E-state index is 12.9. The number of nitrogens with one attached hydrogen (secondary N) is 1. The van der Waals surface area contributed by atoms with Crippen LogP contribution < -0.4 is 10.2 Å². The summed E-state index contributed by atoms with van der Waals surface area (Å²) in [6.45, 7) is 8.42. The van der Waals surface area contributed by atoms with Gasteiger partial charge in [0.25, 0.3) is 0 Å². The molecule has 1 unspecified atom stereocenters. The predicted molar refractivity (Wildman–Crippen MR) is 156 cm³/mol. The summed E-state index contributed by atoms with van der Waals surface area (Å²) in [7, 11) is 1.68. The molecule has 216 valence electrons. The smallest absolute Gasteiger partial charge is 0.434 e. The van der Waals surface area contributed by atoms with Crippen LogP contribution in [0.25, 0.3) is 5.57 Å². The molecule has 11 nitrogen and oxygen atoms in total. The topological polar surface area (TPSA) is 111 Å². The quantitative estimate of drug-likeness (QED) is 0.291. The highest BCUT2D eigenvalue weighted by molar-refractivity contribution is 6.42. The van der Waals surface area contributed by atoms with E-state index in [1.54, 1.807) is 19.2 Å². The van der Waals surface area contributed by atoms with E-state index in [4.69, 9.17) is 32.7 Å². The average Bonchev–Trinajstić information content (AvgIpc) is 3.40. The fourth-order valence-corrected chi connectivity index (χ4v) is 5.56. The molecule has 0 spiro atoms. The van der Waals surface area contributed by atoms with E-state index in [9.17, 15) is 4.79 Å². The maximum absolute atomic E-state index is 12.9. The summed E-state index contributed by atoms with van der Waals surface area (Å²) in [5.41, 5.74) is 2.73. The lowest BCUT2D eigenvalue weighted by atomic mass is 9.84. The minimum atomic E-state index is -0.796. The number of ether oxygens (including phenoxy) is 2. The van der Waals surface area contributed by atoms with Gasteiger partial charge >= 0.3 is 6.16 Å². The number of allylic oxidation sites excluding steroid dienone is 3. The van der Waals surface area contributed by atoms with Gasteiger partial charge in [-0.05, 0) is 49.2 Å². The molecule has 1 saturated heterocycles. The molecular formula is C28H32Cl2N8O3. The number of aryl methyl sites for hydroxylation is 1. The van der Waals surface area contributed by atoms with Crippen molar-refractivity contribution in [3.63, 3.8) is 0 Å². The first-order chi connectivity index (χ1) is 19.8. The Labute approximate surface area is 248 Å². The van der Waals surface area contributed by atoms with Gasteiger partial charge in [-0.25, -0.2) is 9.78 Å². The van der Waals surface area contributed by atoms with Gasteiger partial charge in [0.05, 0.1) is 35.3 Å². The number of tetrazole rings is 1. The Balaban J connectivity index is 1.22. The van der Waals surface area contributed by atoms with Crippen molar-refractivity contribution in [3.05, 3.63) is 81.2 Å². The summed E-state index contributed by atoms with van der Waals surface area (Å²) in [6.07, 6.45) is 1.71. The van der Waals surface area contributed by atoms with Gasteiger partial charge in [0.2, 0.25) is 5.82 Å². The number of pyridine rings is 1. The van der Waals surface area contributed by atoms with Crippen molar-refractivity contribution in [1.82, 2.24) is 35.4 Å². The molecule has 0 aliphatic carbocycles. The summed E-state index contributed by atoms with van der Waals surface area (Å²) >= 11 is 13.0. The van der Waals surface area contributed by atoms with Gasteiger partial charge in [-0.2, -0.15) is 4.80 Å². The fourth-order valence-electron chi connectivity index (χ4n) is 5.14. The number of carbonyl (C=O) groups is 1. The molecule has 41 heavy (non-hydrogen) atoms. The Morgan fingerprint density at radius 3 is 2.59 bits per heavy atom. The van der Waals surface area contributed by atoms with Gasteiger partial charge in [-0.15, -0.1) is 10.2 Å². The van der Waals surface area contributed by atoms with E-state index >= 15 is 0 Å². The number of rotatable bonds is 8. The first kappa shape index (κ1) is 28.8. The minimum Gasteiger partial charge on any atom is -0.434 e. The number of hydrogen-bond donors (Lipinski definition) is 1. The number of piperazine rings is 1. The van der Waals surface area contributed by atoms with Gasteiger partial charge in [-0.3, -0.25) is 4.90 Å². The predicted octanol–water partition coefficient (Wildman–Crippen LogP) is 4.63. The number of hydrogen-bond acceptors (Lipinski definition) is 10. The van der Waals surface area contributed by atoms with E-state index in [1.165, 1.54) is 4.80 Å². The first-order valence-electron chi connectivity index (χ1n) is 13.4. The SMILES string of the molecule is CC1=C(OC(=O)OCCCN2CCN(c3ccccn3)CC2)C(c2cccc(Cl)c2Cl)C(c2nnn(C)n2)=C(C)N1. The molecule has 1 fully saturated rings. The molecule has 2 aliphatic rings. The lowest BCUT2D eigenvalue weighted by Gasteiger charge is -2.35. The fraction of sp³-hybridized carbons (Fsp3) is 0.393. The third-order valence-electron chi connectivity index (χ3n) is 7.12. The van der Waals surface area contributed by atoms with E-state index in [2.05, 4.69) is 35.5 Å². The van der Waals surface area contributed by atoms with Crippen LogP contribution in [0.1, 0.15) is 37.6 Å². The Morgan fingerprint density at radius 1 is 1.07 bits per heavy atom. The van der Waals surface area contributed by atoms with Crippen LogP contribution in [-0.4, -0.2) is 75.6 Å². The third-order valence-corrected chi connectivity index (χ3v) is 7.95. The van der Waals surface area contributed by atoms with Crippen molar-refractivity contribution >= 4 is 40.7 Å². The number of anilines is 1. The van der Waals surface area contributed by atoms with Crippen molar-refractivity contribution in [1.29, 1.82) is 0 Å². The Hall–Kier alpha value is -3.67. The normalized spacial score (nSPS) is 18.0. The van der Waals surface area contributed by atoms with E-state index in [0.29, 0.717) is 44.9 Å². The van der Waals surface area contributed by atoms with E-state index in [1.807, 2.05) is 44.3 Å². The summed E-state index contributed by atoms with van der Waals surface area (Å²) in [5, 5.41) is 16.6. The summed E-state index contributed by atoms with van der Waals surface area (Å²) in [6, 6.07) is 11.3. The van der Waals surface area contributed by atoms with Crippen molar-refractivity contribution in [2.45, 2.75) is 26.2 Å². The highest BCUT2D eigenvalue weighted by Gasteiger charge is 2.37. The molecule has 1 aromatic carbocycles. The molecular weight excluding hydrogens is 567 g/mol. The highest BCUT2D eigenvalue weighted by Crippen LogP contribution is 2.46. The molecule has 0 amide bonds. The Morgan fingerprint density at radius 2 is 1.88 bits per heavy atom. The molecule has 4 heterocycles. The third kappa shape index (κ3) is 6.64. The van der Waals surface area contributed by atoms with Crippen LogP contribution in [0.2, 0.25) is 10.0 Å². The summed E-state index contributed by atoms with van der Waals surface area (Å²) in [4.78, 5) is 23.3. The Kier molecular flexibility index (Phi) is 9.06. The molecule has 1 atom stereocenters. The number of halogens is 2. The lowest BCUT2D eigenvalue weighted by molar-refractivity contribution is 0.0696. The molecule has 0 bridgehead atoms. The Bertz CT molecular complexity index is 1450. The summed E-state index contributed by atoms with van der Waals surface area (Å²) < 4.78 is 11.3. The van der Waals surface area contributed by atoms with E-state index in [-0.39, 0.29) is 6.61 Å². The van der Waals surface area contributed by atoms with Gasteiger partial charge in [0, 0.05) is 50.2 Å². The molecule has 0 radical (unpaired) electrons. The second-order valence-corrected chi connectivity index (χ2v) is 10.7. The zero-order chi connectivity index (χ0) is 28.9. The van der Waals surface area contributed by atoms with Crippen LogP contribution in [0, 0.1) is 0 Å². The second-order valence-electron chi connectivity index (χ2n) is 9.90. The number of nitrogens with zero attached hydrogens (tertiary/aromatic N) is 7. The van der Waals surface area contributed by atoms with Crippen molar-refractivity contribution in [2.24, 2.45) is 7.05 Å². The first-order valence-corrected chi connectivity index (χ1v) is 14.2. The van der Waals surface area contributed by atoms with Crippen LogP contribution in [0.5, 0.6) is 0 Å². The number of aromatic nitrogens is 5. The van der Waals surface area contributed by atoms with Crippen LogP contribution in [0.4, 0.5) is 10.6 Å². The largest absolute Gasteiger partial charge is 0.513 e. The number of carbonyl (C=O) groups excluding carboxylic acids is 1. The zero-order valence-corrected chi connectivity index (χ0v) is 24.7. The molecule has 1 N–H and O–H groups in total. The number of benzene rings is 1. The van der Waals surface area contributed by atoms with Crippen molar-refractivity contribution in [3.8, 4) is 0 Å². The summed E-state index contributed by atoms with van der Waals surface area (Å²) in [5.74, 6) is 1.09. The van der Waals surface area contributed by atoms with Crippen LogP contribution in [0.15, 0.2) is 59.7 Å². The standard InChI is InChI=1S/C28H32Cl2N8O3/c1-18-23(27-33-35-36(3)34-27)24(20-8-6-9-21(29)25(20)30)26(19(2)32-18)41-28(39)40-17-7-12-37-13-15-38(16-14-37)22-10-4-5-11-31-22/h4-6,8-11,24,32H,7,12-17H2,1-3H3. The van der Waals surface area contributed by atoms with Gasteiger partial charge < -0.3 is 19.7 Å². The molecule has 2 aliphatic heterocycles. The van der Waals surface area contributed by atoms with Gasteiger partial charge in [0.1, 0.15) is 11.6 Å². The minimum absolute atomic E-state index is 0.231. The van der Waals surface area contributed by atoms with Gasteiger partial charge in [0.15, 0.2) is 0 Å². The monoisotopic (exact) mass is 598 g/mol. The van der Waals surface area contributed by atoms with Crippen LogP contribution in [-0.2, 0) is 16.5 Å². The van der Waals surface area contributed by atoms with Crippen molar-refractivity contribution in [2.75, 3.05) is 44.2 Å². The molecule has 0 saturated carbocycles. The lowest BCUT2D eigenvalue weighted by Crippen LogP contribution is -2.47. The molecule has 13 heteroatoms. The van der Waals surface area contributed by atoms with Gasteiger partial charge in [-0.1, -0.05) is 41.4 Å². The number of dihydropyridines is 1. The second kappa shape index (κ2) is 12.9.